The summed E-state index contributed by atoms with van der Waals surface area (Å²) in [4.78, 5) is 0. The molecule has 0 saturated carbocycles. The van der Waals surface area contributed by atoms with E-state index in [0.29, 0.717) is 0 Å². The number of hydrogen-bond acceptors (Lipinski definition) is 1. The van der Waals surface area contributed by atoms with E-state index in [2.05, 4.69) is 4.74 Å². The van der Waals surface area contributed by atoms with Gasteiger partial charge in [-0.05, 0) is 29.7 Å². The standard InChI is InChI=1S/C18H17F5O/c1-2-16(13-6-4-3-5-7-13)14-8-10-15(11-9-14)24-12-17(19,20)18(21,22)23/h3-11,16H,2,12H2,1H3. The van der Waals surface area contributed by atoms with Gasteiger partial charge in [0.1, 0.15) is 5.75 Å². The van der Waals surface area contributed by atoms with Gasteiger partial charge in [-0.15, -0.1) is 0 Å². The molecule has 1 nitrogen and oxygen atoms in total. The molecule has 1 atom stereocenters. The molecule has 0 radical (unpaired) electrons. The zero-order chi connectivity index (χ0) is 17.8. The van der Waals surface area contributed by atoms with Crippen molar-refractivity contribution in [2.24, 2.45) is 0 Å². The van der Waals surface area contributed by atoms with Crippen molar-refractivity contribution in [2.45, 2.75) is 31.4 Å². The lowest BCUT2D eigenvalue weighted by Crippen LogP contribution is -2.41. The molecule has 0 bridgehead atoms. The second kappa shape index (κ2) is 7.20. The molecule has 0 heterocycles. The van der Waals surface area contributed by atoms with E-state index in [1.807, 2.05) is 37.3 Å². The van der Waals surface area contributed by atoms with Crippen LogP contribution >= 0.6 is 0 Å². The lowest BCUT2D eigenvalue weighted by Gasteiger charge is -2.20. The monoisotopic (exact) mass is 344 g/mol. The van der Waals surface area contributed by atoms with Crippen LogP contribution in [0, 0.1) is 0 Å². The van der Waals surface area contributed by atoms with Gasteiger partial charge in [-0.3, -0.25) is 0 Å². The Bertz CT molecular complexity index is 635. The highest BCUT2D eigenvalue weighted by Crippen LogP contribution is 2.36. The lowest BCUT2D eigenvalue weighted by molar-refractivity contribution is -0.290. The molecule has 0 spiro atoms. The molecule has 1 unspecified atom stereocenters. The van der Waals surface area contributed by atoms with Crippen molar-refractivity contribution in [2.75, 3.05) is 6.61 Å². The molecule has 0 aliphatic rings. The van der Waals surface area contributed by atoms with E-state index in [1.54, 1.807) is 12.1 Å². The fourth-order valence-corrected chi connectivity index (χ4v) is 2.40. The minimum absolute atomic E-state index is 0.0226. The molecule has 0 amide bonds. The predicted octanol–water partition coefficient (Wildman–Crippen LogP) is 5.80. The molecule has 0 N–H and O–H groups in total. The fourth-order valence-electron chi connectivity index (χ4n) is 2.40. The number of alkyl halides is 5. The van der Waals surface area contributed by atoms with Gasteiger partial charge >= 0.3 is 12.1 Å². The molecular weight excluding hydrogens is 327 g/mol. The number of hydrogen-bond donors (Lipinski definition) is 0. The maximum absolute atomic E-state index is 12.8. The van der Waals surface area contributed by atoms with E-state index in [1.165, 1.54) is 12.1 Å². The van der Waals surface area contributed by atoms with Crippen LogP contribution in [0.4, 0.5) is 22.0 Å². The van der Waals surface area contributed by atoms with E-state index < -0.39 is 18.7 Å². The van der Waals surface area contributed by atoms with Crippen molar-refractivity contribution in [3.8, 4) is 5.75 Å². The van der Waals surface area contributed by atoms with Crippen molar-refractivity contribution < 1.29 is 26.7 Å². The van der Waals surface area contributed by atoms with Gasteiger partial charge in [0.05, 0.1) is 0 Å². The normalized spacial score (nSPS) is 13.6. The van der Waals surface area contributed by atoms with Crippen LogP contribution in [0.1, 0.15) is 30.4 Å². The zero-order valence-corrected chi connectivity index (χ0v) is 13.0. The SMILES string of the molecule is CCC(c1ccccc1)c1ccc(OCC(F)(F)C(F)(F)F)cc1. The van der Waals surface area contributed by atoms with E-state index >= 15 is 0 Å². The van der Waals surface area contributed by atoms with Gasteiger partial charge in [-0.1, -0.05) is 49.4 Å². The third-order valence-corrected chi connectivity index (χ3v) is 3.73. The van der Waals surface area contributed by atoms with Gasteiger partial charge in [-0.25, -0.2) is 0 Å². The molecule has 0 fully saturated rings. The maximum Gasteiger partial charge on any atom is 0.456 e. The molecule has 0 saturated heterocycles. The first-order valence-electron chi connectivity index (χ1n) is 7.47. The average molecular weight is 344 g/mol. The zero-order valence-electron chi connectivity index (χ0n) is 13.0. The van der Waals surface area contributed by atoms with Crippen LogP contribution in [0.25, 0.3) is 0 Å². The summed E-state index contributed by atoms with van der Waals surface area (Å²) in [7, 11) is 0. The van der Waals surface area contributed by atoms with Crippen LogP contribution in [-0.4, -0.2) is 18.7 Å². The third-order valence-electron chi connectivity index (χ3n) is 3.73. The van der Waals surface area contributed by atoms with Gasteiger partial charge in [-0.2, -0.15) is 22.0 Å². The summed E-state index contributed by atoms with van der Waals surface area (Å²) in [5.74, 6) is -4.77. The molecule has 6 heteroatoms. The minimum Gasteiger partial charge on any atom is -0.487 e. The topological polar surface area (TPSA) is 9.23 Å². The Morgan fingerprint density at radius 1 is 0.833 bits per heavy atom. The van der Waals surface area contributed by atoms with E-state index in [9.17, 15) is 22.0 Å². The number of ether oxygens (including phenoxy) is 1. The number of benzene rings is 2. The van der Waals surface area contributed by atoms with Gasteiger partial charge in [0.15, 0.2) is 6.61 Å². The maximum atomic E-state index is 12.8. The van der Waals surface area contributed by atoms with Crippen molar-refractivity contribution >= 4 is 0 Å². The van der Waals surface area contributed by atoms with Gasteiger partial charge < -0.3 is 4.74 Å². The van der Waals surface area contributed by atoms with Crippen molar-refractivity contribution in [3.05, 3.63) is 65.7 Å². The highest BCUT2D eigenvalue weighted by Gasteiger charge is 2.58. The summed E-state index contributed by atoms with van der Waals surface area (Å²) >= 11 is 0. The Kier molecular flexibility index (Phi) is 5.47. The highest BCUT2D eigenvalue weighted by molar-refractivity contribution is 5.35. The molecule has 0 aliphatic heterocycles. The van der Waals surface area contributed by atoms with Crippen molar-refractivity contribution in [1.29, 1.82) is 0 Å². The highest BCUT2D eigenvalue weighted by atomic mass is 19.4. The molecule has 24 heavy (non-hydrogen) atoms. The van der Waals surface area contributed by atoms with Crippen LogP contribution in [0.2, 0.25) is 0 Å². The lowest BCUT2D eigenvalue weighted by atomic mass is 9.89. The van der Waals surface area contributed by atoms with Crippen LogP contribution in [0.5, 0.6) is 5.75 Å². The molecule has 2 rings (SSSR count). The van der Waals surface area contributed by atoms with Crippen molar-refractivity contribution in [1.82, 2.24) is 0 Å². The largest absolute Gasteiger partial charge is 0.487 e. The van der Waals surface area contributed by atoms with Crippen LogP contribution < -0.4 is 4.74 Å². The van der Waals surface area contributed by atoms with Crippen LogP contribution in [0.3, 0.4) is 0 Å². The average Bonchev–Trinajstić information content (AvgIpc) is 2.55. The fraction of sp³-hybridized carbons (Fsp3) is 0.333. The Hall–Kier alpha value is -2.11. The summed E-state index contributed by atoms with van der Waals surface area (Å²) in [6, 6.07) is 15.9. The summed E-state index contributed by atoms with van der Waals surface area (Å²) in [5.41, 5.74) is 2.05. The van der Waals surface area contributed by atoms with Crippen LogP contribution in [0.15, 0.2) is 54.6 Å². The van der Waals surface area contributed by atoms with Gasteiger partial charge in [0.25, 0.3) is 0 Å². The minimum atomic E-state index is -5.62. The second-order valence-corrected chi connectivity index (χ2v) is 5.43. The Balaban J connectivity index is 2.08. The second-order valence-electron chi connectivity index (χ2n) is 5.43. The first-order chi connectivity index (χ1) is 11.2. The van der Waals surface area contributed by atoms with Gasteiger partial charge in [0.2, 0.25) is 0 Å². The number of rotatable bonds is 6. The summed E-state index contributed by atoms with van der Waals surface area (Å²) in [6.07, 6.45) is -4.79. The summed E-state index contributed by atoms with van der Waals surface area (Å²) in [6.45, 7) is 0.289. The third kappa shape index (κ3) is 4.24. The molecule has 2 aromatic carbocycles. The molecule has 0 aliphatic carbocycles. The molecule has 2 aromatic rings. The molecule has 130 valence electrons. The molecular formula is C18H17F5O. The Morgan fingerprint density at radius 3 is 1.88 bits per heavy atom. The predicted molar refractivity (Wildman–Crippen MR) is 81.5 cm³/mol. The van der Waals surface area contributed by atoms with Crippen LogP contribution in [-0.2, 0) is 0 Å². The van der Waals surface area contributed by atoms with E-state index in [0.717, 1.165) is 17.5 Å². The van der Waals surface area contributed by atoms with Gasteiger partial charge in [0, 0.05) is 5.92 Å². The first-order valence-corrected chi connectivity index (χ1v) is 7.47. The Morgan fingerprint density at radius 2 is 1.38 bits per heavy atom. The van der Waals surface area contributed by atoms with Crippen molar-refractivity contribution in [3.63, 3.8) is 0 Å². The van der Waals surface area contributed by atoms with E-state index in [-0.39, 0.29) is 11.7 Å². The Labute approximate surface area is 137 Å². The first kappa shape index (κ1) is 18.2. The summed E-state index contributed by atoms with van der Waals surface area (Å²) in [5, 5.41) is 0. The molecule has 0 aromatic heterocycles. The van der Waals surface area contributed by atoms with E-state index in [4.69, 9.17) is 0 Å². The number of halogens is 5. The summed E-state index contributed by atoms with van der Waals surface area (Å²) < 4.78 is 66.6. The smallest absolute Gasteiger partial charge is 0.456 e. The quantitative estimate of drug-likeness (QED) is 0.601.